The Hall–Kier alpha value is -1.92. The van der Waals surface area contributed by atoms with Gasteiger partial charge in [-0.25, -0.2) is 0 Å². The van der Waals surface area contributed by atoms with Gasteiger partial charge in [0, 0.05) is 13.1 Å². The highest BCUT2D eigenvalue weighted by Gasteiger charge is 2.19. The van der Waals surface area contributed by atoms with Crippen molar-refractivity contribution in [2.24, 2.45) is 5.92 Å². The van der Waals surface area contributed by atoms with Crippen LogP contribution in [0.4, 0.5) is 5.69 Å². The fourth-order valence-corrected chi connectivity index (χ4v) is 2.28. The van der Waals surface area contributed by atoms with E-state index >= 15 is 0 Å². The van der Waals surface area contributed by atoms with Gasteiger partial charge in [0.05, 0.1) is 4.92 Å². The molecule has 1 aliphatic rings. The summed E-state index contributed by atoms with van der Waals surface area (Å²) in [7, 11) is 0. The van der Waals surface area contributed by atoms with Crippen molar-refractivity contribution in [3.05, 3.63) is 22.5 Å². The van der Waals surface area contributed by atoms with Crippen LogP contribution in [0.3, 0.4) is 0 Å². The van der Waals surface area contributed by atoms with E-state index in [0.717, 1.165) is 38.5 Å². The van der Waals surface area contributed by atoms with E-state index in [1.54, 1.807) is 0 Å². The maximum absolute atomic E-state index is 12.1. The van der Waals surface area contributed by atoms with Crippen LogP contribution < -0.4 is 0 Å². The fourth-order valence-electron chi connectivity index (χ4n) is 2.28. The number of hydrogen-bond donors (Lipinski definition) is 0. The van der Waals surface area contributed by atoms with Crippen LogP contribution in [0.1, 0.15) is 26.2 Å². The molecule has 0 N–H and O–H groups in total. The summed E-state index contributed by atoms with van der Waals surface area (Å²) >= 11 is 0. The zero-order valence-corrected chi connectivity index (χ0v) is 11.0. The molecule has 2 heterocycles. The normalized spacial score (nSPS) is 20.1. The van der Waals surface area contributed by atoms with E-state index in [2.05, 4.69) is 12.0 Å². The number of hydrogen-bond acceptors (Lipinski definition) is 4. The number of aromatic nitrogens is 2. The van der Waals surface area contributed by atoms with E-state index in [0.29, 0.717) is 5.92 Å². The van der Waals surface area contributed by atoms with E-state index in [-0.39, 0.29) is 18.1 Å². The molecular weight excluding hydrogens is 248 g/mol. The van der Waals surface area contributed by atoms with Crippen LogP contribution >= 0.6 is 0 Å². The summed E-state index contributed by atoms with van der Waals surface area (Å²) in [5, 5.41) is 14.4. The largest absolute Gasteiger partial charge is 0.341 e. The van der Waals surface area contributed by atoms with Crippen molar-refractivity contribution >= 4 is 11.6 Å². The van der Waals surface area contributed by atoms with Crippen molar-refractivity contribution in [1.82, 2.24) is 14.7 Å². The van der Waals surface area contributed by atoms with Crippen LogP contribution in [0.2, 0.25) is 0 Å². The Balaban J connectivity index is 1.94. The van der Waals surface area contributed by atoms with Gasteiger partial charge in [-0.05, 0) is 25.2 Å². The van der Waals surface area contributed by atoms with Crippen molar-refractivity contribution in [3.8, 4) is 0 Å². The first kappa shape index (κ1) is 13.5. The van der Waals surface area contributed by atoms with Crippen LogP contribution in [0.5, 0.6) is 0 Å². The molecule has 2 rings (SSSR count). The lowest BCUT2D eigenvalue weighted by Crippen LogP contribution is -2.34. The van der Waals surface area contributed by atoms with Gasteiger partial charge in [-0.3, -0.25) is 19.6 Å². The Kier molecular flexibility index (Phi) is 4.13. The fraction of sp³-hybridized carbons (Fsp3) is 0.667. The summed E-state index contributed by atoms with van der Waals surface area (Å²) in [6.45, 7) is 3.81. The molecule has 1 saturated heterocycles. The van der Waals surface area contributed by atoms with Gasteiger partial charge in [-0.1, -0.05) is 6.92 Å². The minimum Gasteiger partial charge on any atom is -0.341 e. The molecule has 1 unspecified atom stereocenters. The highest BCUT2D eigenvalue weighted by molar-refractivity contribution is 5.76. The van der Waals surface area contributed by atoms with Crippen molar-refractivity contribution in [3.63, 3.8) is 0 Å². The smallest absolute Gasteiger partial charge is 0.307 e. The molecule has 0 saturated carbocycles. The highest BCUT2D eigenvalue weighted by atomic mass is 16.6. The topological polar surface area (TPSA) is 81.3 Å². The van der Waals surface area contributed by atoms with Gasteiger partial charge < -0.3 is 4.90 Å². The second-order valence-electron chi connectivity index (χ2n) is 5.07. The molecule has 104 valence electrons. The van der Waals surface area contributed by atoms with E-state index in [9.17, 15) is 14.9 Å². The SMILES string of the molecule is CC1CCCN(C(=O)Cn2cc([N+](=O)[O-])cn2)CC1. The molecule has 0 aromatic carbocycles. The third kappa shape index (κ3) is 3.52. The Morgan fingerprint density at radius 2 is 2.32 bits per heavy atom. The standard InChI is InChI=1S/C12H18N4O3/c1-10-3-2-5-14(6-4-10)12(17)9-15-8-11(7-13-15)16(18)19/h7-8,10H,2-6,9H2,1H3. The first-order chi connectivity index (χ1) is 9.06. The van der Waals surface area contributed by atoms with Crippen LogP contribution in [0.15, 0.2) is 12.4 Å². The zero-order chi connectivity index (χ0) is 13.8. The average Bonchev–Trinajstić information content (AvgIpc) is 2.71. The molecule has 0 aliphatic carbocycles. The summed E-state index contributed by atoms with van der Waals surface area (Å²) < 4.78 is 1.33. The number of carbonyl (C=O) groups excluding carboxylic acids is 1. The molecule has 0 spiro atoms. The maximum atomic E-state index is 12.1. The van der Waals surface area contributed by atoms with Crippen molar-refractivity contribution in [2.45, 2.75) is 32.7 Å². The molecule has 1 fully saturated rings. The lowest BCUT2D eigenvalue weighted by atomic mass is 10.0. The van der Waals surface area contributed by atoms with Gasteiger partial charge in [0.2, 0.25) is 5.91 Å². The van der Waals surface area contributed by atoms with Gasteiger partial charge in [-0.15, -0.1) is 0 Å². The van der Waals surface area contributed by atoms with Crippen LogP contribution in [0, 0.1) is 16.0 Å². The Morgan fingerprint density at radius 1 is 1.53 bits per heavy atom. The van der Waals surface area contributed by atoms with E-state index in [1.165, 1.54) is 10.9 Å². The summed E-state index contributed by atoms with van der Waals surface area (Å²) in [4.78, 5) is 24.0. The summed E-state index contributed by atoms with van der Waals surface area (Å²) in [5.74, 6) is 0.635. The summed E-state index contributed by atoms with van der Waals surface area (Å²) in [6, 6.07) is 0. The zero-order valence-electron chi connectivity index (χ0n) is 11.0. The van der Waals surface area contributed by atoms with Crippen molar-refractivity contribution < 1.29 is 9.72 Å². The molecule has 1 aromatic heterocycles. The minimum atomic E-state index is -0.512. The Morgan fingerprint density at radius 3 is 3.00 bits per heavy atom. The van der Waals surface area contributed by atoms with Gasteiger partial charge in [0.25, 0.3) is 0 Å². The molecule has 7 nitrogen and oxygen atoms in total. The predicted molar refractivity (Wildman–Crippen MR) is 68.5 cm³/mol. The van der Waals surface area contributed by atoms with Gasteiger partial charge in [0.15, 0.2) is 0 Å². The molecule has 7 heteroatoms. The lowest BCUT2D eigenvalue weighted by Gasteiger charge is -2.20. The number of nitro groups is 1. The van der Waals surface area contributed by atoms with E-state index in [4.69, 9.17) is 0 Å². The predicted octanol–water partition coefficient (Wildman–Crippen LogP) is 1.44. The number of carbonyl (C=O) groups is 1. The van der Waals surface area contributed by atoms with Crippen molar-refractivity contribution in [2.75, 3.05) is 13.1 Å². The van der Waals surface area contributed by atoms with Crippen LogP contribution in [0.25, 0.3) is 0 Å². The summed E-state index contributed by atoms with van der Waals surface area (Å²) in [6.07, 6.45) is 5.64. The maximum Gasteiger partial charge on any atom is 0.307 e. The van der Waals surface area contributed by atoms with Gasteiger partial charge >= 0.3 is 5.69 Å². The Bertz CT molecular complexity index is 471. The van der Waals surface area contributed by atoms with Crippen molar-refractivity contribution in [1.29, 1.82) is 0 Å². The second-order valence-corrected chi connectivity index (χ2v) is 5.07. The van der Waals surface area contributed by atoms with E-state index < -0.39 is 4.92 Å². The number of amides is 1. The van der Waals surface area contributed by atoms with Crippen LogP contribution in [-0.2, 0) is 11.3 Å². The minimum absolute atomic E-state index is 0.0212. The third-order valence-corrected chi connectivity index (χ3v) is 3.50. The quantitative estimate of drug-likeness (QED) is 0.612. The molecule has 1 aliphatic heterocycles. The number of likely N-dealkylation sites (tertiary alicyclic amines) is 1. The molecular formula is C12H18N4O3. The first-order valence-electron chi connectivity index (χ1n) is 6.51. The Labute approximate surface area is 111 Å². The number of rotatable bonds is 3. The molecule has 0 radical (unpaired) electrons. The van der Waals surface area contributed by atoms with Gasteiger partial charge in [-0.2, -0.15) is 5.10 Å². The highest BCUT2D eigenvalue weighted by Crippen LogP contribution is 2.17. The second kappa shape index (κ2) is 5.81. The van der Waals surface area contributed by atoms with Gasteiger partial charge in [0.1, 0.15) is 18.9 Å². The molecule has 1 amide bonds. The molecule has 1 aromatic rings. The molecule has 19 heavy (non-hydrogen) atoms. The molecule has 1 atom stereocenters. The average molecular weight is 266 g/mol. The van der Waals surface area contributed by atoms with E-state index in [1.807, 2.05) is 4.90 Å². The third-order valence-electron chi connectivity index (χ3n) is 3.50. The summed E-state index contributed by atoms with van der Waals surface area (Å²) in [5.41, 5.74) is -0.0858. The molecule has 0 bridgehead atoms. The monoisotopic (exact) mass is 266 g/mol. The first-order valence-corrected chi connectivity index (χ1v) is 6.51. The lowest BCUT2D eigenvalue weighted by molar-refractivity contribution is -0.385. The number of nitrogens with zero attached hydrogens (tertiary/aromatic N) is 4. The van der Waals surface area contributed by atoms with Crippen LogP contribution in [-0.4, -0.2) is 38.6 Å².